The Balaban J connectivity index is 2.06. The molecule has 5 heteroatoms. The summed E-state index contributed by atoms with van der Waals surface area (Å²) < 4.78 is 23.6. The molecule has 0 amide bonds. The number of aliphatic hydroxyl groups is 1. The van der Waals surface area contributed by atoms with Crippen molar-refractivity contribution in [1.82, 2.24) is 5.16 Å². The molecule has 90 valence electrons. The first-order valence-electron chi connectivity index (χ1n) is 5.16. The van der Waals surface area contributed by atoms with Crippen LogP contribution in [-0.2, 0) is 6.61 Å². The zero-order chi connectivity index (χ0) is 12.3. The van der Waals surface area contributed by atoms with Crippen molar-refractivity contribution in [3.63, 3.8) is 0 Å². The predicted molar refractivity (Wildman–Crippen MR) is 57.9 cm³/mol. The van der Waals surface area contributed by atoms with Crippen molar-refractivity contribution in [2.24, 2.45) is 0 Å². The van der Waals surface area contributed by atoms with Gasteiger partial charge in [0.1, 0.15) is 6.61 Å². The SMILES string of the molecule is C[C@@H](O)c1ccc(OCc2ccno2)c(F)c1. The molecule has 0 unspecified atom stereocenters. The highest BCUT2D eigenvalue weighted by molar-refractivity contribution is 5.30. The molecule has 0 aliphatic rings. The van der Waals surface area contributed by atoms with Gasteiger partial charge in [0, 0.05) is 6.07 Å². The maximum Gasteiger partial charge on any atom is 0.174 e. The van der Waals surface area contributed by atoms with Gasteiger partial charge in [0.15, 0.2) is 17.3 Å². The van der Waals surface area contributed by atoms with Crippen LogP contribution in [0.4, 0.5) is 4.39 Å². The minimum Gasteiger partial charge on any atom is -0.482 e. The molecule has 0 fully saturated rings. The number of rotatable bonds is 4. The first kappa shape index (κ1) is 11.6. The molecule has 2 rings (SSSR count). The number of nitrogens with zero attached hydrogens (tertiary/aromatic N) is 1. The zero-order valence-electron chi connectivity index (χ0n) is 9.26. The van der Waals surface area contributed by atoms with Crippen LogP contribution in [-0.4, -0.2) is 10.3 Å². The second kappa shape index (κ2) is 4.97. The van der Waals surface area contributed by atoms with Crippen LogP contribution < -0.4 is 4.74 Å². The molecule has 1 N–H and O–H groups in total. The first-order valence-corrected chi connectivity index (χ1v) is 5.16. The van der Waals surface area contributed by atoms with E-state index in [1.165, 1.54) is 18.3 Å². The highest BCUT2D eigenvalue weighted by atomic mass is 19.1. The lowest BCUT2D eigenvalue weighted by molar-refractivity contribution is 0.198. The first-order chi connectivity index (χ1) is 8.16. The van der Waals surface area contributed by atoms with Gasteiger partial charge in [0.25, 0.3) is 0 Å². The fourth-order valence-electron chi connectivity index (χ4n) is 1.36. The summed E-state index contributed by atoms with van der Waals surface area (Å²) in [7, 11) is 0. The second-order valence-electron chi connectivity index (χ2n) is 3.63. The Morgan fingerprint density at radius 3 is 2.88 bits per heavy atom. The lowest BCUT2D eigenvalue weighted by atomic mass is 10.1. The van der Waals surface area contributed by atoms with Gasteiger partial charge in [-0.2, -0.15) is 0 Å². The zero-order valence-corrected chi connectivity index (χ0v) is 9.26. The summed E-state index contributed by atoms with van der Waals surface area (Å²) in [4.78, 5) is 0. The average molecular weight is 237 g/mol. The molecule has 2 aromatic rings. The number of aliphatic hydroxyl groups excluding tert-OH is 1. The molecule has 1 atom stereocenters. The normalized spacial score (nSPS) is 12.4. The second-order valence-corrected chi connectivity index (χ2v) is 3.63. The van der Waals surface area contributed by atoms with Crippen molar-refractivity contribution in [1.29, 1.82) is 0 Å². The van der Waals surface area contributed by atoms with Crippen molar-refractivity contribution < 1.29 is 18.8 Å². The van der Waals surface area contributed by atoms with Gasteiger partial charge >= 0.3 is 0 Å². The number of ether oxygens (including phenoxy) is 1. The van der Waals surface area contributed by atoms with Gasteiger partial charge in [-0.3, -0.25) is 0 Å². The molecule has 0 aliphatic heterocycles. The van der Waals surface area contributed by atoms with E-state index in [0.717, 1.165) is 0 Å². The number of hydrogen-bond donors (Lipinski definition) is 1. The third kappa shape index (κ3) is 2.82. The summed E-state index contributed by atoms with van der Waals surface area (Å²) in [6.07, 6.45) is 0.791. The highest BCUT2D eigenvalue weighted by Gasteiger charge is 2.08. The van der Waals surface area contributed by atoms with Gasteiger partial charge in [-0.05, 0) is 24.6 Å². The van der Waals surface area contributed by atoms with Crippen molar-refractivity contribution in [3.05, 3.63) is 47.6 Å². The number of aromatic nitrogens is 1. The van der Waals surface area contributed by atoms with Crippen molar-refractivity contribution in [3.8, 4) is 5.75 Å². The fourth-order valence-corrected chi connectivity index (χ4v) is 1.36. The maximum absolute atomic E-state index is 13.6. The molecule has 1 heterocycles. The Morgan fingerprint density at radius 2 is 2.29 bits per heavy atom. The number of halogens is 1. The van der Waals surface area contributed by atoms with E-state index >= 15 is 0 Å². The molecule has 0 aliphatic carbocycles. The lowest BCUT2D eigenvalue weighted by Crippen LogP contribution is -1.98. The monoisotopic (exact) mass is 237 g/mol. The summed E-state index contributed by atoms with van der Waals surface area (Å²) in [6.45, 7) is 1.69. The Hall–Kier alpha value is -1.88. The van der Waals surface area contributed by atoms with Crippen molar-refractivity contribution in [2.45, 2.75) is 19.6 Å². The standard InChI is InChI=1S/C12H12FNO3/c1-8(15)9-2-3-12(11(13)6-9)16-7-10-4-5-14-17-10/h2-6,8,15H,7H2,1H3/t8-/m1/s1. The van der Waals surface area contributed by atoms with E-state index < -0.39 is 11.9 Å². The maximum atomic E-state index is 13.6. The smallest absolute Gasteiger partial charge is 0.174 e. The molecular weight excluding hydrogens is 225 g/mol. The minimum atomic E-state index is -0.701. The Morgan fingerprint density at radius 1 is 1.47 bits per heavy atom. The topological polar surface area (TPSA) is 55.5 Å². The Labute approximate surface area is 97.6 Å². The highest BCUT2D eigenvalue weighted by Crippen LogP contribution is 2.22. The van der Waals surface area contributed by atoms with E-state index in [-0.39, 0.29) is 12.4 Å². The average Bonchev–Trinajstić information content (AvgIpc) is 2.80. The van der Waals surface area contributed by atoms with E-state index in [9.17, 15) is 9.50 Å². The molecular formula is C12H12FNO3. The molecule has 0 saturated heterocycles. The summed E-state index contributed by atoms with van der Waals surface area (Å²) in [5, 5.41) is 12.8. The summed E-state index contributed by atoms with van der Waals surface area (Å²) in [5.74, 6) is 0.123. The quantitative estimate of drug-likeness (QED) is 0.887. The van der Waals surface area contributed by atoms with E-state index in [2.05, 4.69) is 5.16 Å². The van der Waals surface area contributed by atoms with Crippen LogP contribution in [0, 0.1) is 5.82 Å². The Kier molecular flexibility index (Phi) is 3.39. The molecule has 0 bridgehead atoms. The van der Waals surface area contributed by atoms with Crippen LogP contribution in [0.25, 0.3) is 0 Å². The summed E-state index contributed by atoms with van der Waals surface area (Å²) >= 11 is 0. The number of benzene rings is 1. The van der Waals surface area contributed by atoms with Gasteiger partial charge in [0.2, 0.25) is 0 Å². The van der Waals surface area contributed by atoms with E-state index in [0.29, 0.717) is 11.3 Å². The van der Waals surface area contributed by atoms with Crippen LogP contribution in [0.15, 0.2) is 35.0 Å². The largest absolute Gasteiger partial charge is 0.482 e. The van der Waals surface area contributed by atoms with Gasteiger partial charge < -0.3 is 14.4 Å². The van der Waals surface area contributed by atoms with Crippen molar-refractivity contribution in [2.75, 3.05) is 0 Å². The van der Waals surface area contributed by atoms with E-state index in [1.807, 2.05) is 0 Å². The van der Waals surface area contributed by atoms with Gasteiger partial charge in [-0.25, -0.2) is 4.39 Å². The lowest BCUT2D eigenvalue weighted by Gasteiger charge is -2.08. The van der Waals surface area contributed by atoms with Gasteiger partial charge in [-0.1, -0.05) is 11.2 Å². The molecule has 0 radical (unpaired) electrons. The predicted octanol–water partition coefficient (Wildman–Crippen LogP) is 2.45. The Bertz CT molecular complexity index is 483. The van der Waals surface area contributed by atoms with Crippen molar-refractivity contribution >= 4 is 0 Å². The van der Waals surface area contributed by atoms with Crippen LogP contribution in [0.1, 0.15) is 24.4 Å². The van der Waals surface area contributed by atoms with Crippen LogP contribution in [0.2, 0.25) is 0 Å². The van der Waals surface area contributed by atoms with Gasteiger partial charge in [0.05, 0.1) is 12.3 Å². The van der Waals surface area contributed by atoms with E-state index in [4.69, 9.17) is 9.26 Å². The molecule has 0 saturated carbocycles. The van der Waals surface area contributed by atoms with Crippen LogP contribution in [0.3, 0.4) is 0 Å². The minimum absolute atomic E-state index is 0.116. The molecule has 4 nitrogen and oxygen atoms in total. The third-order valence-electron chi connectivity index (χ3n) is 2.30. The van der Waals surface area contributed by atoms with E-state index in [1.54, 1.807) is 19.1 Å². The molecule has 1 aromatic heterocycles. The molecule has 17 heavy (non-hydrogen) atoms. The fraction of sp³-hybridized carbons (Fsp3) is 0.250. The van der Waals surface area contributed by atoms with Crippen LogP contribution in [0.5, 0.6) is 5.75 Å². The third-order valence-corrected chi connectivity index (χ3v) is 2.30. The summed E-state index contributed by atoms with van der Waals surface area (Å²) in [6, 6.07) is 5.99. The number of hydrogen-bond acceptors (Lipinski definition) is 4. The molecule has 1 aromatic carbocycles. The summed E-state index contributed by atoms with van der Waals surface area (Å²) in [5.41, 5.74) is 0.509. The molecule has 0 spiro atoms. The van der Waals surface area contributed by atoms with Crippen LogP contribution >= 0.6 is 0 Å². The van der Waals surface area contributed by atoms with Gasteiger partial charge in [-0.15, -0.1) is 0 Å².